The summed E-state index contributed by atoms with van der Waals surface area (Å²) in [6.45, 7) is 24.2. The van der Waals surface area contributed by atoms with Crippen LogP contribution in [0.25, 0.3) is 10.9 Å². The Morgan fingerprint density at radius 3 is 1.63 bits per heavy atom. The van der Waals surface area contributed by atoms with Crippen molar-refractivity contribution in [2.24, 2.45) is 29.6 Å². The fraction of sp³-hybridized carbons (Fsp3) is 0.525. The van der Waals surface area contributed by atoms with Crippen LogP contribution in [0.4, 0.5) is 0 Å². The van der Waals surface area contributed by atoms with Crippen LogP contribution < -0.4 is 0 Å². The van der Waals surface area contributed by atoms with Gasteiger partial charge in [-0.1, -0.05) is 177 Å². The van der Waals surface area contributed by atoms with Gasteiger partial charge in [-0.2, -0.15) is 0 Å². The minimum absolute atomic E-state index is 0. The molecule has 6 rings (SSSR count). The molecule has 1 saturated carbocycles. The van der Waals surface area contributed by atoms with Gasteiger partial charge >= 0.3 is 35.6 Å². The molecule has 1 aromatic rings. The van der Waals surface area contributed by atoms with Gasteiger partial charge in [-0.3, -0.25) is 0 Å². The van der Waals surface area contributed by atoms with Gasteiger partial charge in [-0.15, -0.1) is 0 Å². The van der Waals surface area contributed by atoms with Crippen molar-refractivity contribution in [1.29, 1.82) is 0 Å². The van der Waals surface area contributed by atoms with Gasteiger partial charge in [0.1, 0.15) is 8.24 Å². The van der Waals surface area contributed by atoms with Crippen LogP contribution in [0.5, 0.6) is 0 Å². The zero-order chi connectivity index (χ0) is 32.9. The summed E-state index contributed by atoms with van der Waals surface area (Å²) in [4.78, 5) is 0. The molecule has 0 amide bonds. The van der Waals surface area contributed by atoms with E-state index in [1.807, 2.05) is 0 Å². The predicted molar refractivity (Wildman–Crippen MR) is 202 cm³/mol. The second-order valence-corrected chi connectivity index (χ2v) is 23.6. The second-order valence-electron chi connectivity index (χ2n) is 16.6. The van der Waals surface area contributed by atoms with Crippen molar-refractivity contribution in [1.82, 2.24) is 4.57 Å². The Hall–Kier alpha value is -0.909. The van der Waals surface area contributed by atoms with E-state index in [0.717, 1.165) is 0 Å². The zero-order valence-corrected chi connectivity index (χ0v) is 34.0. The molecule has 0 radical (unpaired) electrons. The van der Waals surface area contributed by atoms with Gasteiger partial charge in [-0.25, -0.2) is 0 Å². The first kappa shape index (κ1) is 37.9. The summed E-state index contributed by atoms with van der Waals surface area (Å²) in [7, 11) is 7.77. The summed E-state index contributed by atoms with van der Waals surface area (Å²) in [6.07, 6.45) is 26.8. The summed E-state index contributed by atoms with van der Waals surface area (Å²) in [5.41, 5.74) is 6.44. The van der Waals surface area contributed by atoms with E-state index in [2.05, 4.69) is 158 Å². The molecule has 1 aromatic carbocycles. The molecule has 5 unspecified atom stereocenters. The molecule has 1 aliphatic heterocycles. The molecule has 2 nitrogen and oxygen atoms in total. The molecule has 5 aliphatic rings. The van der Waals surface area contributed by atoms with E-state index in [-0.39, 0.29) is 30.5 Å². The third-order valence-corrected chi connectivity index (χ3v) is 15.2. The molecule has 2 fully saturated rings. The maximum absolute atomic E-state index is 5.76. The Labute approximate surface area is 299 Å². The zero-order valence-electron chi connectivity index (χ0n) is 29.9. The van der Waals surface area contributed by atoms with Crippen molar-refractivity contribution in [3.63, 3.8) is 0 Å². The number of hydrogen-bond acceptors (Lipinski definition) is 1. The summed E-state index contributed by atoms with van der Waals surface area (Å²) < 4.78 is 2.98. The number of benzene rings is 1. The average Bonchev–Trinajstić information content (AvgIpc) is 3.54. The normalized spacial score (nSPS) is 31.5. The molecule has 0 N–H and O–H groups in total. The van der Waals surface area contributed by atoms with Crippen LogP contribution in [0.2, 0.25) is 18.6 Å². The van der Waals surface area contributed by atoms with Crippen LogP contribution in [0.15, 0.2) is 85.0 Å². The topological polar surface area (TPSA) is 17.3 Å². The first-order valence-electron chi connectivity index (χ1n) is 16.8. The molecule has 6 heteroatoms. The number of nitrogens with zero attached hydrogens (tertiary/aromatic N) is 2. The molecule has 0 aromatic heterocycles. The van der Waals surface area contributed by atoms with Crippen LogP contribution in [0, 0.1) is 37.0 Å². The van der Waals surface area contributed by atoms with Crippen LogP contribution in [-0.2, 0) is 27.9 Å². The molecule has 0 spiro atoms. The Kier molecular flexibility index (Phi) is 12.0. The molecule has 0 bridgehead atoms. The van der Waals surface area contributed by atoms with Gasteiger partial charge in [0.05, 0.1) is 0 Å². The second kappa shape index (κ2) is 14.5. The monoisotopic (exact) mass is 710 g/mol. The summed E-state index contributed by atoms with van der Waals surface area (Å²) in [5.74, 6) is 2.90. The van der Waals surface area contributed by atoms with Crippen LogP contribution in [0.1, 0.15) is 72.1 Å². The average molecular weight is 712 g/mol. The molecule has 1 heterocycles. The quantitative estimate of drug-likeness (QED) is 0.225. The van der Waals surface area contributed by atoms with E-state index < -0.39 is 25.3 Å². The number of rotatable bonds is 4. The van der Waals surface area contributed by atoms with Crippen LogP contribution in [0.3, 0.4) is 0 Å². The maximum atomic E-state index is 5.76. The van der Waals surface area contributed by atoms with Crippen molar-refractivity contribution in [3.8, 4) is 0 Å². The van der Waals surface area contributed by atoms with Crippen LogP contribution >= 0.6 is 18.6 Å². The fourth-order valence-electron chi connectivity index (χ4n) is 8.77. The van der Waals surface area contributed by atoms with E-state index in [9.17, 15) is 0 Å². The predicted octanol–water partition coefficient (Wildman–Crippen LogP) is 11.8. The summed E-state index contributed by atoms with van der Waals surface area (Å²) >= 11 is -0.556. The van der Waals surface area contributed by atoms with Crippen molar-refractivity contribution in [2.45, 2.75) is 103 Å². The number of hydrogen-bond donors (Lipinski definition) is 0. The van der Waals surface area contributed by atoms with E-state index in [1.165, 1.54) is 22.3 Å². The Morgan fingerprint density at radius 2 is 1.20 bits per heavy atom. The van der Waals surface area contributed by atoms with E-state index in [4.69, 9.17) is 23.9 Å². The first-order chi connectivity index (χ1) is 21.1. The van der Waals surface area contributed by atoms with Crippen molar-refractivity contribution in [2.75, 3.05) is 0 Å². The standard InChI is InChI=1S/C39H53N2Si.CH3.2ClH.Ti/c1-25(2)37-40-35-29(26-22-27(38(3,4)5)24-28(23-26)39(6,7)8)20-15-21-34(35)41(37)42(9,10)36-32-18-13-11-16-30(32)31-17-12-14-19-33(31)36;;;;/h11-25,30-37H,1-10H3;1H3;2*1H;/q2*-1;;;+2/p-2/t30?,31?,32?,33?,34-,35?,36?,37+;;;;/m1..../s1. The van der Waals surface area contributed by atoms with Gasteiger partial charge in [0.25, 0.3) is 0 Å². The molecule has 250 valence electrons. The van der Waals surface area contributed by atoms with E-state index >= 15 is 0 Å². The van der Waals surface area contributed by atoms with Gasteiger partial charge in [-0.05, 0) is 56.7 Å². The summed E-state index contributed by atoms with van der Waals surface area (Å²) in [6, 6.07) is 7.86. The molecule has 46 heavy (non-hydrogen) atoms. The van der Waals surface area contributed by atoms with Gasteiger partial charge in [0, 0.05) is 6.04 Å². The van der Waals surface area contributed by atoms with Gasteiger partial charge in [0.15, 0.2) is 0 Å². The van der Waals surface area contributed by atoms with E-state index in [1.54, 1.807) is 0 Å². The number of fused-ring (bicyclic) bond motifs is 4. The molecule has 1 saturated heterocycles. The third-order valence-electron chi connectivity index (χ3n) is 10.9. The fourth-order valence-corrected chi connectivity index (χ4v) is 13.7. The Morgan fingerprint density at radius 1 is 0.739 bits per heavy atom. The molecular formula is C40H56Cl2N2SiTi-2. The van der Waals surface area contributed by atoms with E-state index in [0.29, 0.717) is 41.2 Å². The SMILES string of the molecule is CC(C)[C@H]1[N-]C2C(c3cc(C(C)(C)C)cc(C(C)(C)C)c3)=CC=C[C@H]2N1[Si](C)(C)C1C2C=CC=CC2C2C=CC=CC21.[CH3-].[Cl][Ti][Cl]. The Bertz CT molecular complexity index is 1360. The molecular weight excluding hydrogens is 655 g/mol. The van der Waals surface area contributed by atoms with Gasteiger partial charge in [0.2, 0.25) is 0 Å². The van der Waals surface area contributed by atoms with Crippen molar-refractivity contribution < 1.29 is 17.0 Å². The minimum atomic E-state index is -2.01. The van der Waals surface area contributed by atoms with Gasteiger partial charge < -0.3 is 17.3 Å². The van der Waals surface area contributed by atoms with Crippen molar-refractivity contribution >= 4 is 32.4 Å². The molecule has 7 atom stereocenters. The number of allylic oxidation sites excluding steroid dienone is 10. The van der Waals surface area contributed by atoms with Crippen molar-refractivity contribution in [3.05, 3.63) is 114 Å². The number of halogens is 2. The molecule has 4 aliphatic carbocycles. The Balaban J connectivity index is 0.00000116. The summed E-state index contributed by atoms with van der Waals surface area (Å²) in [5, 5.41) is 5.76. The first-order valence-corrected chi connectivity index (χ1v) is 24.1. The van der Waals surface area contributed by atoms with Crippen LogP contribution in [-0.4, -0.2) is 31.1 Å². The third kappa shape index (κ3) is 7.18.